The number of hydrogen-bond donors (Lipinski definition) is 3. The predicted molar refractivity (Wildman–Crippen MR) is 65.7 cm³/mol. The van der Waals surface area contributed by atoms with E-state index in [1.807, 2.05) is 0 Å². The molecule has 0 aliphatic heterocycles. The molecule has 92 valence electrons. The van der Waals surface area contributed by atoms with Gasteiger partial charge in [0.1, 0.15) is 0 Å². The molecule has 0 aromatic heterocycles. The highest BCUT2D eigenvalue weighted by molar-refractivity contribution is 5.06. The minimum absolute atomic E-state index is 0.382. The van der Waals surface area contributed by atoms with Crippen LogP contribution in [0.15, 0.2) is 0 Å². The van der Waals surface area contributed by atoms with Crippen LogP contribution >= 0.6 is 0 Å². The Morgan fingerprint density at radius 3 is 2.06 bits per heavy atom. The fraction of sp³-hybridized carbons (Fsp3) is 1.00. The third-order valence-corrected chi connectivity index (χ3v) is 5.11. The Morgan fingerprint density at radius 2 is 1.62 bits per heavy atom. The quantitative estimate of drug-likeness (QED) is 0.499. The smallest absolute Gasteiger partial charge is 0.0307 e. The van der Waals surface area contributed by atoms with Crippen molar-refractivity contribution in [2.75, 3.05) is 6.54 Å². The van der Waals surface area contributed by atoms with Gasteiger partial charge in [-0.3, -0.25) is 11.3 Å². The van der Waals surface area contributed by atoms with Crippen LogP contribution in [-0.2, 0) is 0 Å². The van der Waals surface area contributed by atoms with E-state index in [-0.39, 0.29) is 0 Å². The van der Waals surface area contributed by atoms with Gasteiger partial charge in [0.15, 0.2) is 0 Å². The molecule has 3 heteroatoms. The lowest BCUT2D eigenvalue weighted by atomic mass is 9.53. The first-order valence-electron chi connectivity index (χ1n) is 6.90. The first kappa shape index (κ1) is 11.0. The fourth-order valence-electron chi connectivity index (χ4n) is 4.76. The number of nitrogens with two attached hydrogens (primary N) is 1. The Balaban J connectivity index is 1.64. The Kier molecular flexibility index (Phi) is 2.73. The molecule has 0 amide bonds. The van der Waals surface area contributed by atoms with Crippen molar-refractivity contribution in [3.8, 4) is 0 Å². The highest BCUT2D eigenvalue weighted by atomic mass is 15.2. The molecule has 16 heavy (non-hydrogen) atoms. The third-order valence-electron chi connectivity index (χ3n) is 5.11. The second-order valence-corrected chi connectivity index (χ2v) is 6.65. The van der Waals surface area contributed by atoms with Crippen molar-refractivity contribution < 1.29 is 0 Å². The summed E-state index contributed by atoms with van der Waals surface area (Å²) in [6.45, 7) is 3.16. The maximum atomic E-state index is 5.46. The standard InChI is InChI=1S/C13H25N3/c1-9(16-14)8-15-13-5-10-2-11(6-13)4-12(3-10)7-13/h9-12,15-16H,2-8,14H2,1H3. The normalized spacial score (nSPS) is 47.2. The van der Waals surface area contributed by atoms with E-state index in [2.05, 4.69) is 17.7 Å². The maximum absolute atomic E-state index is 5.46. The molecular weight excluding hydrogens is 198 g/mol. The fourth-order valence-corrected chi connectivity index (χ4v) is 4.76. The molecule has 4 rings (SSSR count). The van der Waals surface area contributed by atoms with Crippen LogP contribution in [0.1, 0.15) is 45.4 Å². The Hall–Kier alpha value is -0.120. The van der Waals surface area contributed by atoms with E-state index in [0.29, 0.717) is 11.6 Å². The van der Waals surface area contributed by atoms with Crippen LogP contribution in [-0.4, -0.2) is 18.1 Å². The first-order chi connectivity index (χ1) is 7.69. The molecule has 0 aromatic rings. The van der Waals surface area contributed by atoms with Gasteiger partial charge in [-0.15, -0.1) is 0 Å². The molecule has 0 radical (unpaired) electrons. The van der Waals surface area contributed by atoms with Crippen molar-refractivity contribution in [2.45, 2.75) is 57.0 Å². The van der Waals surface area contributed by atoms with Gasteiger partial charge in [0, 0.05) is 18.1 Å². The van der Waals surface area contributed by atoms with Crippen molar-refractivity contribution in [3.63, 3.8) is 0 Å². The average Bonchev–Trinajstić information content (AvgIpc) is 2.24. The Morgan fingerprint density at radius 1 is 1.12 bits per heavy atom. The van der Waals surface area contributed by atoms with Crippen molar-refractivity contribution in [3.05, 3.63) is 0 Å². The van der Waals surface area contributed by atoms with Crippen molar-refractivity contribution in [2.24, 2.45) is 23.6 Å². The molecule has 1 atom stereocenters. The molecule has 1 unspecified atom stereocenters. The van der Waals surface area contributed by atoms with Gasteiger partial charge in [-0.1, -0.05) is 0 Å². The third kappa shape index (κ3) is 1.89. The molecular formula is C13H25N3. The molecule has 0 saturated heterocycles. The van der Waals surface area contributed by atoms with Crippen LogP contribution < -0.4 is 16.6 Å². The molecule has 4 aliphatic rings. The summed E-state index contributed by atoms with van der Waals surface area (Å²) in [7, 11) is 0. The van der Waals surface area contributed by atoms with Crippen LogP contribution in [0.3, 0.4) is 0 Å². The SMILES string of the molecule is CC(CNC12CC3CC(CC(C3)C1)C2)NN. The summed E-state index contributed by atoms with van der Waals surface area (Å²) in [6, 6.07) is 0.382. The predicted octanol–water partition coefficient (Wildman–Crippen LogP) is 1.40. The molecule has 4 fully saturated rings. The molecule has 0 spiro atoms. The highest BCUT2D eigenvalue weighted by Gasteiger charge is 2.50. The number of hydrogen-bond acceptors (Lipinski definition) is 3. The summed E-state index contributed by atoms with van der Waals surface area (Å²) in [5.41, 5.74) is 3.32. The lowest BCUT2D eigenvalue weighted by molar-refractivity contribution is -0.0203. The lowest BCUT2D eigenvalue weighted by Gasteiger charge is -2.57. The Bertz CT molecular complexity index is 229. The molecule has 4 saturated carbocycles. The van der Waals surface area contributed by atoms with Crippen molar-refractivity contribution in [1.82, 2.24) is 10.7 Å². The van der Waals surface area contributed by atoms with Gasteiger partial charge >= 0.3 is 0 Å². The molecule has 0 aromatic carbocycles. The van der Waals surface area contributed by atoms with Crippen LogP contribution in [0.25, 0.3) is 0 Å². The molecule has 4 aliphatic carbocycles. The van der Waals surface area contributed by atoms with E-state index in [9.17, 15) is 0 Å². The summed E-state index contributed by atoms with van der Waals surface area (Å²) < 4.78 is 0. The minimum atomic E-state index is 0.382. The van der Waals surface area contributed by atoms with Crippen LogP contribution in [0.5, 0.6) is 0 Å². The Labute approximate surface area is 98.5 Å². The van der Waals surface area contributed by atoms with E-state index in [4.69, 9.17) is 5.84 Å². The van der Waals surface area contributed by atoms with Gasteiger partial charge in [-0.25, -0.2) is 0 Å². The van der Waals surface area contributed by atoms with Gasteiger partial charge in [0.05, 0.1) is 0 Å². The van der Waals surface area contributed by atoms with Crippen LogP contribution in [0.4, 0.5) is 0 Å². The monoisotopic (exact) mass is 223 g/mol. The summed E-state index contributed by atoms with van der Waals surface area (Å²) in [6.07, 6.45) is 8.84. The van der Waals surface area contributed by atoms with Gasteiger partial charge in [-0.2, -0.15) is 0 Å². The van der Waals surface area contributed by atoms with E-state index >= 15 is 0 Å². The molecule has 0 heterocycles. The summed E-state index contributed by atoms with van der Waals surface area (Å²) >= 11 is 0. The van der Waals surface area contributed by atoms with Gasteiger partial charge in [0.2, 0.25) is 0 Å². The largest absolute Gasteiger partial charge is 0.310 e. The zero-order valence-corrected chi connectivity index (χ0v) is 10.3. The van der Waals surface area contributed by atoms with Crippen molar-refractivity contribution >= 4 is 0 Å². The average molecular weight is 223 g/mol. The first-order valence-corrected chi connectivity index (χ1v) is 6.90. The number of nitrogens with one attached hydrogen (secondary N) is 2. The number of rotatable bonds is 4. The summed E-state index contributed by atoms with van der Waals surface area (Å²) in [4.78, 5) is 0. The minimum Gasteiger partial charge on any atom is -0.310 e. The lowest BCUT2D eigenvalue weighted by Crippen LogP contribution is -2.60. The zero-order valence-electron chi connectivity index (χ0n) is 10.3. The molecule has 4 bridgehead atoms. The van der Waals surface area contributed by atoms with E-state index < -0.39 is 0 Å². The van der Waals surface area contributed by atoms with Crippen LogP contribution in [0.2, 0.25) is 0 Å². The second-order valence-electron chi connectivity index (χ2n) is 6.65. The van der Waals surface area contributed by atoms with E-state index in [0.717, 1.165) is 24.3 Å². The topological polar surface area (TPSA) is 50.1 Å². The van der Waals surface area contributed by atoms with E-state index in [1.54, 1.807) is 0 Å². The summed E-state index contributed by atoms with van der Waals surface area (Å²) in [5, 5.41) is 3.84. The van der Waals surface area contributed by atoms with Gasteiger partial charge in [-0.05, 0) is 63.2 Å². The second kappa shape index (κ2) is 3.97. The van der Waals surface area contributed by atoms with Crippen molar-refractivity contribution in [1.29, 1.82) is 0 Å². The van der Waals surface area contributed by atoms with Gasteiger partial charge in [0.25, 0.3) is 0 Å². The summed E-state index contributed by atoms with van der Waals surface area (Å²) in [5.74, 6) is 8.54. The van der Waals surface area contributed by atoms with Gasteiger partial charge < -0.3 is 5.32 Å². The zero-order chi connectivity index (χ0) is 11.2. The molecule has 3 nitrogen and oxygen atoms in total. The highest BCUT2D eigenvalue weighted by Crippen LogP contribution is 2.55. The van der Waals surface area contributed by atoms with E-state index in [1.165, 1.54) is 38.5 Å². The van der Waals surface area contributed by atoms with Crippen LogP contribution in [0, 0.1) is 17.8 Å². The molecule has 4 N–H and O–H groups in total. The number of hydrazine groups is 1. The maximum Gasteiger partial charge on any atom is 0.0307 e.